The second kappa shape index (κ2) is 4.96. The van der Waals surface area contributed by atoms with E-state index >= 15 is 0 Å². The van der Waals surface area contributed by atoms with Crippen molar-refractivity contribution in [2.75, 3.05) is 20.8 Å². The molecule has 1 aromatic carbocycles. The van der Waals surface area contributed by atoms with Crippen LogP contribution in [0, 0.1) is 0 Å². The Morgan fingerprint density at radius 3 is 2.53 bits per heavy atom. The summed E-state index contributed by atoms with van der Waals surface area (Å²) in [6.07, 6.45) is 0. The average Bonchev–Trinajstić information content (AvgIpc) is 2.75. The molecule has 5 heteroatoms. The van der Waals surface area contributed by atoms with Gasteiger partial charge in [-0.25, -0.2) is 0 Å². The molecule has 17 heavy (non-hydrogen) atoms. The molecular formula is C12H15BrN2O2. The highest BCUT2D eigenvalue weighted by Gasteiger charge is 2.19. The quantitative estimate of drug-likeness (QED) is 0.930. The Balaban J connectivity index is 2.44. The van der Waals surface area contributed by atoms with Crippen molar-refractivity contribution in [3.05, 3.63) is 22.2 Å². The van der Waals surface area contributed by atoms with E-state index in [2.05, 4.69) is 33.2 Å². The molecular weight excluding hydrogens is 284 g/mol. The summed E-state index contributed by atoms with van der Waals surface area (Å²) in [6, 6.07) is 4.18. The average molecular weight is 299 g/mol. The van der Waals surface area contributed by atoms with Crippen LogP contribution in [0.5, 0.6) is 11.5 Å². The van der Waals surface area contributed by atoms with Crippen molar-refractivity contribution in [2.24, 2.45) is 4.99 Å². The van der Waals surface area contributed by atoms with Crippen LogP contribution in [0.2, 0.25) is 0 Å². The summed E-state index contributed by atoms with van der Waals surface area (Å²) < 4.78 is 11.5. The third-order valence-corrected chi connectivity index (χ3v) is 3.26. The van der Waals surface area contributed by atoms with E-state index in [1.807, 2.05) is 12.1 Å². The van der Waals surface area contributed by atoms with Crippen molar-refractivity contribution >= 4 is 21.8 Å². The fourth-order valence-corrected chi connectivity index (χ4v) is 2.25. The van der Waals surface area contributed by atoms with Gasteiger partial charge in [-0.05, 0) is 35.0 Å². The SMILES string of the molecule is COc1cc(C2=NCC(C)N2)c(OC)cc1Br. The fourth-order valence-electron chi connectivity index (χ4n) is 1.76. The summed E-state index contributed by atoms with van der Waals surface area (Å²) in [7, 11) is 3.29. The van der Waals surface area contributed by atoms with Crippen LogP contribution in [0.1, 0.15) is 12.5 Å². The number of benzene rings is 1. The largest absolute Gasteiger partial charge is 0.496 e. The minimum Gasteiger partial charge on any atom is -0.496 e. The fraction of sp³-hybridized carbons (Fsp3) is 0.417. The van der Waals surface area contributed by atoms with Crippen LogP contribution in [0.3, 0.4) is 0 Å². The summed E-state index contributed by atoms with van der Waals surface area (Å²) in [5.41, 5.74) is 0.928. The van der Waals surface area contributed by atoms with Gasteiger partial charge in [0.2, 0.25) is 0 Å². The number of hydrogen-bond donors (Lipinski definition) is 1. The molecule has 0 fully saturated rings. The van der Waals surface area contributed by atoms with Crippen LogP contribution < -0.4 is 14.8 Å². The number of nitrogens with zero attached hydrogens (tertiary/aromatic N) is 1. The van der Waals surface area contributed by atoms with E-state index in [0.29, 0.717) is 6.04 Å². The predicted molar refractivity (Wildman–Crippen MR) is 71.2 cm³/mol. The van der Waals surface area contributed by atoms with Crippen LogP contribution in [-0.4, -0.2) is 32.6 Å². The van der Waals surface area contributed by atoms with Crippen LogP contribution in [0.25, 0.3) is 0 Å². The van der Waals surface area contributed by atoms with Crippen molar-refractivity contribution in [3.8, 4) is 11.5 Å². The van der Waals surface area contributed by atoms with Crippen LogP contribution >= 0.6 is 15.9 Å². The zero-order chi connectivity index (χ0) is 12.4. The van der Waals surface area contributed by atoms with Gasteiger partial charge >= 0.3 is 0 Å². The smallest absolute Gasteiger partial charge is 0.134 e. The minimum absolute atomic E-state index is 0.365. The molecule has 0 saturated heterocycles. The maximum absolute atomic E-state index is 5.37. The molecule has 0 spiro atoms. The highest BCUT2D eigenvalue weighted by atomic mass is 79.9. The van der Waals surface area contributed by atoms with E-state index in [9.17, 15) is 0 Å². The molecule has 0 amide bonds. The van der Waals surface area contributed by atoms with Crippen molar-refractivity contribution in [1.29, 1.82) is 0 Å². The molecule has 1 N–H and O–H groups in total. The van der Waals surface area contributed by atoms with Gasteiger partial charge in [-0.2, -0.15) is 0 Å². The lowest BCUT2D eigenvalue weighted by Crippen LogP contribution is -2.28. The Morgan fingerprint density at radius 2 is 2.00 bits per heavy atom. The molecule has 92 valence electrons. The van der Waals surface area contributed by atoms with E-state index in [1.54, 1.807) is 14.2 Å². The summed E-state index contributed by atoms with van der Waals surface area (Å²) >= 11 is 3.44. The summed E-state index contributed by atoms with van der Waals surface area (Å²) in [4.78, 5) is 4.46. The van der Waals surface area contributed by atoms with Gasteiger partial charge in [0, 0.05) is 6.04 Å². The van der Waals surface area contributed by atoms with Crippen LogP contribution in [0.4, 0.5) is 0 Å². The van der Waals surface area contributed by atoms with Crippen LogP contribution in [-0.2, 0) is 0 Å². The highest BCUT2D eigenvalue weighted by Crippen LogP contribution is 2.33. The summed E-state index contributed by atoms with van der Waals surface area (Å²) in [5.74, 6) is 2.41. The molecule has 1 unspecified atom stereocenters. The van der Waals surface area contributed by atoms with Gasteiger partial charge < -0.3 is 14.8 Å². The van der Waals surface area contributed by atoms with E-state index < -0.39 is 0 Å². The third-order valence-electron chi connectivity index (χ3n) is 2.64. The lowest BCUT2D eigenvalue weighted by molar-refractivity contribution is 0.400. The Bertz CT molecular complexity index is 460. The number of rotatable bonds is 3. The molecule has 2 rings (SSSR count). The highest BCUT2D eigenvalue weighted by molar-refractivity contribution is 9.10. The molecule has 0 radical (unpaired) electrons. The second-order valence-corrected chi connectivity index (χ2v) is 4.78. The zero-order valence-electron chi connectivity index (χ0n) is 10.1. The number of amidine groups is 1. The van der Waals surface area contributed by atoms with Crippen molar-refractivity contribution in [1.82, 2.24) is 5.32 Å². The normalized spacial score (nSPS) is 18.6. The van der Waals surface area contributed by atoms with Gasteiger partial charge in [-0.3, -0.25) is 4.99 Å². The Hall–Kier alpha value is -1.23. The zero-order valence-corrected chi connectivity index (χ0v) is 11.7. The first-order valence-corrected chi connectivity index (χ1v) is 6.18. The first-order valence-electron chi connectivity index (χ1n) is 5.38. The second-order valence-electron chi connectivity index (χ2n) is 3.92. The van der Waals surface area contributed by atoms with E-state index in [-0.39, 0.29) is 0 Å². The molecule has 1 aromatic rings. The molecule has 0 saturated carbocycles. The van der Waals surface area contributed by atoms with Gasteiger partial charge in [-0.1, -0.05) is 0 Å². The first-order chi connectivity index (χ1) is 8.15. The third kappa shape index (κ3) is 2.39. The van der Waals surface area contributed by atoms with E-state index in [1.165, 1.54) is 0 Å². The number of ether oxygens (including phenoxy) is 2. The molecule has 0 aliphatic carbocycles. The van der Waals surface area contributed by atoms with Crippen molar-refractivity contribution in [2.45, 2.75) is 13.0 Å². The van der Waals surface area contributed by atoms with Crippen molar-refractivity contribution < 1.29 is 9.47 Å². The number of hydrogen-bond acceptors (Lipinski definition) is 4. The van der Waals surface area contributed by atoms with Gasteiger partial charge in [-0.15, -0.1) is 0 Å². The number of nitrogens with one attached hydrogen (secondary N) is 1. The standard InChI is InChI=1S/C12H15BrN2O2/c1-7-6-14-12(15-7)8-4-11(17-3)9(13)5-10(8)16-2/h4-5,7H,6H2,1-3H3,(H,14,15). The summed E-state index contributed by atoms with van der Waals surface area (Å²) in [6.45, 7) is 2.88. The Morgan fingerprint density at radius 1 is 1.29 bits per heavy atom. The number of aliphatic imine (C=N–C) groups is 1. The van der Waals surface area contributed by atoms with E-state index in [4.69, 9.17) is 9.47 Å². The molecule has 1 atom stereocenters. The van der Waals surface area contributed by atoms with E-state index in [0.717, 1.165) is 33.9 Å². The maximum Gasteiger partial charge on any atom is 0.134 e. The minimum atomic E-state index is 0.365. The topological polar surface area (TPSA) is 42.8 Å². The summed E-state index contributed by atoms with van der Waals surface area (Å²) in [5, 5.41) is 3.31. The first kappa shape index (κ1) is 12.2. The maximum atomic E-state index is 5.37. The Kier molecular flexibility index (Phi) is 3.57. The van der Waals surface area contributed by atoms with Crippen LogP contribution in [0.15, 0.2) is 21.6 Å². The molecule has 0 aromatic heterocycles. The molecule has 1 aliphatic rings. The predicted octanol–water partition coefficient (Wildman–Crippen LogP) is 2.20. The van der Waals surface area contributed by atoms with Gasteiger partial charge in [0.05, 0.1) is 30.8 Å². The lowest BCUT2D eigenvalue weighted by atomic mass is 10.1. The number of methoxy groups -OCH3 is 2. The number of halogens is 1. The van der Waals surface area contributed by atoms with Crippen molar-refractivity contribution in [3.63, 3.8) is 0 Å². The van der Waals surface area contributed by atoms with Gasteiger partial charge in [0.15, 0.2) is 0 Å². The molecule has 0 bridgehead atoms. The van der Waals surface area contributed by atoms with Gasteiger partial charge in [0.1, 0.15) is 17.3 Å². The molecule has 1 aliphatic heterocycles. The molecule has 4 nitrogen and oxygen atoms in total. The monoisotopic (exact) mass is 298 g/mol. The van der Waals surface area contributed by atoms with Gasteiger partial charge in [0.25, 0.3) is 0 Å². The lowest BCUT2D eigenvalue weighted by Gasteiger charge is -2.13. The molecule has 1 heterocycles. The Labute approximate surface area is 109 Å².